The summed E-state index contributed by atoms with van der Waals surface area (Å²) in [6.07, 6.45) is 3.30. The smallest absolute Gasteiger partial charge is 0.189 e. The van der Waals surface area contributed by atoms with Crippen molar-refractivity contribution >= 4 is 5.71 Å². The number of allylic oxidation sites excluding steroid dienone is 2. The monoisotopic (exact) mass is 392 g/mol. The highest BCUT2D eigenvalue weighted by atomic mass is 19.2. The lowest BCUT2D eigenvalue weighted by molar-refractivity contribution is 0.168. The van der Waals surface area contributed by atoms with E-state index >= 15 is 0 Å². The van der Waals surface area contributed by atoms with Gasteiger partial charge in [-0.1, -0.05) is 32.9 Å². The Hall–Kier alpha value is -3.04. The van der Waals surface area contributed by atoms with E-state index in [0.29, 0.717) is 17.6 Å². The Morgan fingerprint density at radius 2 is 1.76 bits per heavy atom. The van der Waals surface area contributed by atoms with Crippen LogP contribution in [-0.4, -0.2) is 5.71 Å². The van der Waals surface area contributed by atoms with E-state index in [1.165, 1.54) is 6.07 Å². The van der Waals surface area contributed by atoms with Crippen molar-refractivity contribution in [1.82, 2.24) is 0 Å². The minimum atomic E-state index is -1.91. The molecule has 1 saturated carbocycles. The van der Waals surface area contributed by atoms with Gasteiger partial charge in [0.25, 0.3) is 0 Å². The van der Waals surface area contributed by atoms with E-state index in [2.05, 4.69) is 26.8 Å². The molecule has 0 amide bonds. The van der Waals surface area contributed by atoms with Gasteiger partial charge in [-0.2, -0.15) is 15.8 Å². The second-order valence-corrected chi connectivity index (χ2v) is 9.00. The molecule has 1 unspecified atom stereocenters. The van der Waals surface area contributed by atoms with Crippen molar-refractivity contribution in [2.24, 2.45) is 28.6 Å². The first-order chi connectivity index (χ1) is 13.6. The summed E-state index contributed by atoms with van der Waals surface area (Å²) in [5.74, 6) is -4.03. The molecular formula is C23H22F2N4. The van der Waals surface area contributed by atoms with Crippen LogP contribution in [0.5, 0.6) is 0 Å². The van der Waals surface area contributed by atoms with Crippen molar-refractivity contribution in [2.45, 2.75) is 39.5 Å². The fourth-order valence-electron chi connectivity index (χ4n) is 4.81. The number of rotatable bonds is 1. The maximum absolute atomic E-state index is 14.1. The zero-order valence-corrected chi connectivity index (χ0v) is 16.6. The van der Waals surface area contributed by atoms with Crippen LogP contribution in [0.2, 0.25) is 0 Å². The lowest BCUT2D eigenvalue weighted by Gasteiger charge is -2.49. The number of fused-ring (bicyclic) bond motifs is 1. The third-order valence-corrected chi connectivity index (χ3v) is 6.53. The quantitative estimate of drug-likeness (QED) is 0.661. The van der Waals surface area contributed by atoms with Crippen molar-refractivity contribution in [3.8, 4) is 18.2 Å². The normalized spacial score (nSPS) is 28.3. The third-order valence-electron chi connectivity index (χ3n) is 6.53. The molecule has 1 aromatic rings. The van der Waals surface area contributed by atoms with Gasteiger partial charge in [0.05, 0.1) is 23.9 Å². The summed E-state index contributed by atoms with van der Waals surface area (Å²) in [6.45, 7) is 6.33. The van der Waals surface area contributed by atoms with Crippen LogP contribution < -0.4 is 0 Å². The van der Waals surface area contributed by atoms with Gasteiger partial charge in [-0.05, 0) is 53.4 Å². The van der Waals surface area contributed by atoms with Crippen LogP contribution in [0, 0.1) is 79.6 Å². The van der Waals surface area contributed by atoms with Gasteiger partial charge in [-0.25, -0.2) is 8.78 Å². The molecule has 1 aromatic carbocycles. The van der Waals surface area contributed by atoms with Gasteiger partial charge in [-0.15, -0.1) is 0 Å². The fourth-order valence-corrected chi connectivity index (χ4v) is 4.81. The van der Waals surface area contributed by atoms with Crippen molar-refractivity contribution in [3.63, 3.8) is 0 Å². The SMILES string of the molecule is CC(C)(C)[C@@H]1CC=C2C(C#N)C(=N)C(C#N)(C#N)[C@H](c3ccc(F)c(F)c3)[C@@H]2C1. The summed E-state index contributed by atoms with van der Waals surface area (Å²) in [5, 5.41) is 38.2. The largest absolute Gasteiger partial charge is 0.305 e. The number of halogens is 2. The zero-order valence-electron chi connectivity index (χ0n) is 16.6. The van der Waals surface area contributed by atoms with Gasteiger partial charge in [-0.3, -0.25) is 0 Å². The Balaban J connectivity index is 2.27. The van der Waals surface area contributed by atoms with Crippen molar-refractivity contribution in [1.29, 1.82) is 21.2 Å². The molecule has 1 fully saturated rings. The van der Waals surface area contributed by atoms with E-state index in [1.807, 2.05) is 18.2 Å². The first-order valence-electron chi connectivity index (χ1n) is 9.56. The van der Waals surface area contributed by atoms with Gasteiger partial charge in [0.15, 0.2) is 17.0 Å². The van der Waals surface area contributed by atoms with Gasteiger partial charge in [0.1, 0.15) is 5.92 Å². The second kappa shape index (κ2) is 7.09. The fraction of sp³-hybridized carbons (Fsp3) is 0.478. The molecule has 0 bridgehead atoms. The minimum Gasteiger partial charge on any atom is -0.305 e. The van der Waals surface area contributed by atoms with Crippen LogP contribution in [0.1, 0.15) is 45.1 Å². The Labute approximate surface area is 169 Å². The molecular weight excluding hydrogens is 370 g/mol. The van der Waals surface area contributed by atoms with Crippen LogP contribution in [-0.2, 0) is 0 Å². The van der Waals surface area contributed by atoms with Gasteiger partial charge in [0.2, 0.25) is 0 Å². The van der Waals surface area contributed by atoms with Crippen molar-refractivity contribution < 1.29 is 8.78 Å². The Morgan fingerprint density at radius 1 is 1.10 bits per heavy atom. The predicted octanol–water partition coefficient (Wildman–Crippen LogP) is 5.25. The highest BCUT2D eigenvalue weighted by Gasteiger charge is 2.58. The van der Waals surface area contributed by atoms with Gasteiger partial charge >= 0.3 is 0 Å². The minimum absolute atomic E-state index is 0.0460. The molecule has 1 N–H and O–H groups in total. The Morgan fingerprint density at radius 3 is 2.28 bits per heavy atom. The standard InChI is InChI=1S/C23H22F2N4/c1-22(2,3)14-5-6-15-16(9-14)20(13-4-7-18(24)19(25)8-13)23(11-27,12-28)21(29)17(15)10-26/h4,6-8,14,16-17,20,29H,5,9H2,1-3H3/t14-,16-,17?,20-/m1/s1. The Kier molecular flexibility index (Phi) is 5.06. The molecule has 2 aliphatic carbocycles. The number of hydrogen-bond donors (Lipinski definition) is 1. The number of benzene rings is 1. The highest BCUT2D eigenvalue weighted by Crippen LogP contribution is 2.57. The van der Waals surface area contributed by atoms with Crippen LogP contribution in [0.3, 0.4) is 0 Å². The van der Waals surface area contributed by atoms with E-state index in [0.717, 1.165) is 18.6 Å². The molecule has 6 heteroatoms. The van der Waals surface area contributed by atoms with E-state index in [-0.39, 0.29) is 23.0 Å². The van der Waals surface area contributed by atoms with E-state index in [1.54, 1.807) is 0 Å². The predicted molar refractivity (Wildman–Crippen MR) is 103 cm³/mol. The van der Waals surface area contributed by atoms with Crippen LogP contribution in [0.4, 0.5) is 8.78 Å². The van der Waals surface area contributed by atoms with Crippen molar-refractivity contribution in [2.75, 3.05) is 0 Å². The van der Waals surface area contributed by atoms with E-state index in [9.17, 15) is 24.6 Å². The molecule has 4 nitrogen and oxygen atoms in total. The number of nitriles is 3. The van der Waals surface area contributed by atoms with Gasteiger partial charge in [0, 0.05) is 5.92 Å². The maximum Gasteiger partial charge on any atom is 0.189 e. The first kappa shape index (κ1) is 20.7. The lowest BCUT2D eigenvalue weighted by atomic mass is 9.51. The average Bonchev–Trinajstić information content (AvgIpc) is 2.68. The molecule has 0 radical (unpaired) electrons. The Bertz CT molecular complexity index is 999. The molecule has 3 rings (SSSR count). The molecule has 0 aliphatic heterocycles. The molecule has 0 heterocycles. The summed E-state index contributed by atoms with van der Waals surface area (Å²) >= 11 is 0. The van der Waals surface area contributed by atoms with E-state index in [4.69, 9.17) is 5.41 Å². The van der Waals surface area contributed by atoms with Crippen LogP contribution >= 0.6 is 0 Å². The molecule has 0 aromatic heterocycles. The maximum atomic E-state index is 14.1. The molecule has 29 heavy (non-hydrogen) atoms. The van der Waals surface area contributed by atoms with Crippen LogP contribution in [0.15, 0.2) is 29.8 Å². The summed E-state index contributed by atoms with van der Waals surface area (Å²) in [5.41, 5.74) is -1.22. The molecule has 148 valence electrons. The zero-order chi connectivity index (χ0) is 21.6. The molecule has 0 spiro atoms. The van der Waals surface area contributed by atoms with Crippen LogP contribution in [0.25, 0.3) is 0 Å². The first-order valence-corrected chi connectivity index (χ1v) is 9.56. The number of nitrogens with one attached hydrogen (secondary N) is 1. The summed E-state index contributed by atoms with van der Waals surface area (Å²) in [7, 11) is 0. The lowest BCUT2D eigenvalue weighted by Crippen LogP contribution is -2.50. The topological polar surface area (TPSA) is 95.2 Å². The molecule has 2 aliphatic rings. The van der Waals surface area contributed by atoms with Crippen molar-refractivity contribution in [3.05, 3.63) is 47.0 Å². The second-order valence-electron chi connectivity index (χ2n) is 9.00. The number of nitrogens with zero attached hydrogens (tertiary/aromatic N) is 3. The third kappa shape index (κ3) is 3.12. The highest BCUT2D eigenvalue weighted by molar-refractivity contribution is 6.00. The summed E-state index contributed by atoms with van der Waals surface area (Å²) < 4.78 is 27.6. The van der Waals surface area contributed by atoms with E-state index < -0.39 is 28.9 Å². The molecule has 4 atom stereocenters. The summed E-state index contributed by atoms with van der Waals surface area (Å²) in [4.78, 5) is 0. The number of hydrogen-bond acceptors (Lipinski definition) is 4. The molecule has 0 saturated heterocycles. The van der Waals surface area contributed by atoms with Gasteiger partial charge < -0.3 is 5.41 Å². The summed E-state index contributed by atoms with van der Waals surface area (Å²) in [6, 6.07) is 9.41. The average molecular weight is 392 g/mol.